The maximum atomic E-state index is 11.9. The van der Waals surface area contributed by atoms with Gasteiger partial charge in [-0.3, -0.25) is 14.3 Å². The number of imidazole rings is 1. The molecular weight excluding hydrogens is 463 g/mol. The van der Waals surface area contributed by atoms with Crippen LogP contribution in [0.25, 0.3) is 11.2 Å². The molecule has 0 fully saturated rings. The lowest BCUT2D eigenvalue weighted by molar-refractivity contribution is 0.223. The number of aromatic nitrogens is 4. The van der Waals surface area contributed by atoms with E-state index in [-0.39, 0.29) is 23.7 Å². The van der Waals surface area contributed by atoms with Crippen molar-refractivity contribution in [3.8, 4) is 0 Å². The summed E-state index contributed by atoms with van der Waals surface area (Å²) in [5.41, 5.74) is 4.52. The summed E-state index contributed by atoms with van der Waals surface area (Å²) in [7, 11) is -15.6. The van der Waals surface area contributed by atoms with Crippen LogP contribution < -0.4 is 11.3 Å². The van der Waals surface area contributed by atoms with Gasteiger partial charge in [-0.1, -0.05) is 6.92 Å². The molecule has 7 N–H and O–H groups in total. The molecule has 2 aromatic rings. The van der Waals surface area contributed by atoms with Crippen molar-refractivity contribution >= 4 is 52.1 Å². The highest BCUT2D eigenvalue weighted by atomic mass is 32.2. The lowest BCUT2D eigenvalue weighted by Crippen LogP contribution is -2.14. The van der Waals surface area contributed by atoms with Crippen LogP contribution in [0.15, 0.2) is 11.1 Å². The van der Waals surface area contributed by atoms with Gasteiger partial charge in [0.05, 0.1) is 11.8 Å². The van der Waals surface area contributed by atoms with E-state index in [2.05, 4.69) is 23.6 Å². The third kappa shape index (κ3) is 6.78. The summed E-state index contributed by atoms with van der Waals surface area (Å²) in [6.45, 7) is 1.81. The Morgan fingerprint density at radius 1 is 1.29 bits per heavy atom. The first-order valence-corrected chi connectivity index (χ1v) is 13.0. The molecule has 2 rings (SSSR count). The van der Waals surface area contributed by atoms with E-state index in [0.29, 0.717) is 0 Å². The van der Waals surface area contributed by atoms with E-state index in [0.717, 1.165) is 11.8 Å². The number of nitrogens with one attached hydrogen (secondary N) is 1. The highest BCUT2D eigenvalue weighted by molar-refractivity contribution is 8.05. The lowest BCUT2D eigenvalue weighted by Gasteiger charge is -2.18. The molecule has 2 aromatic heterocycles. The maximum Gasteiger partial charge on any atom is 0.488 e. The highest BCUT2D eigenvalue weighted by Gasteiger charge is 2.39. The van der Waals surface area contributed by atoms with Gasteiger partial charge in [0.1, 0.15) is 0 Å². The lowest BCUT2D eigenvalue weighted by atomic mass is 10.4. The number of hydrogen-bond donors (Lipinski definition) is 6. The first-order chi connectivity index (χ1) is 12.7. The zero-order valence-corrected chi connectivity index (χ0v) is 17.5. The molecule has 0 radical (unpaired) electrons. The number of nitrogen functional groups attached to an aromatic ring is 1. The first-order valence-electron chi connectivity index (χ1n) is 7.12. The Bertz CT molecular complexity index is 1060. The number of H-pyrrole nitrogens is 1. The van der Waals surface area contributed by atoms with Gasteiger partial charge in [0.2, 0.25) is 5.95 Å². The van der Waals surface area contributed by atoms with Gasteiger partial charge < -0.3 is 29.9 Å². The zero-order valence-electron chi connectivity index (χ0n) is 14.0. The second-order valence-corrected chi connectivity index (χ2v) is 12.1. The molecule has 0 saturated carbocycles. The molecule has 19 heteroatoms. The standard InChI is InChI=1S/C9H16N5O10P3S/c1-5(2-14-3-11-6-7(14)12-9(10)13-8(6)15)28-4-25(16,17)23-27(21,22)24-26(18,19)20/h3,5H,2,4H2,1H3,(H,16,17)(H,21,22)(H2,18,19,20)(H3,10,12,13,15). The molecule has 0 saturated heterocycles. The Balaban J connectivity index is 2.01. The van der Waals surface area contributed by atoms with Gasteiger partial charge in [-0.2, -0.15) is 9.29 Å². The number of phosphoric acid groups is 2. The van der Waals surface area contributed by atoms with Gasteiger partial charge in [0, 0.05) is 11.8 Å². The zero-order chi connectivity index (χ0) is 21.3. The molecule has 15 nitrogen and oxygen atoms in total. The molecule has 0 aliphatic rings. The van der Waals surface area contributed by atoms with E-state index in [1.54, 1.807) is 6.92 Å². The van der Waals surface area contributed by atoms with E-state index in [9.17, 15) is 23.4 Å². The molecule has 3 atom stereocenters. The number of rotatable bonds is 9. The largest absolute Gasteiger partial charge is 0.488 e. The van der Waals surface area contributed by atoms with Crippen LogP contribution >= 0.6 is 35.0 Å². The summed E-state index contributed by atoms with van der Waals surface area (Å²) in [6.07, 6.45) is 1.33. The monoisotopic (exact) mass is 479 g/mol. The third-order valence-electron chi connectivity index (χ3n) is 2.91. The van der Waals surface area contributed by atoms with Crippen molar-refractivity contribution in [3.05, 3.63) is 16.7 Å². The second-order valence-electron chi connectivity index (χ2n) is 5.39. The van der Waals surface area contributed by atoms with E-state index in [4.69, 9.17) is 20.4 Å². The summed E-state index contributed by atoms with van der Waals surface area (Å²) < 4.78 is 42.8. The molecule has 158 valence electrons. The van der Waals surface area contributed by atoms with Gasteiger partial charge in [-0.05, 0) is 0 Å². The van der Waals surface area contributed by atoms with Gasteiger partial charge in [-0.25, -0.2) is 18.4 Å². The predicted octanol–water partition coefficient (Wildman–Crippen LogP) is 0.193. The van der Waals surface area contributed by atoms with E-state index in [1.165, 1.54) is 10.9 Å². The average molecular weight is 479 g/mol. The smallest absolute Gasteiger partial charge is 0.369 e. The number of aromatic amines is 1. The van der Waals surface area contributed by atoms with Crippen molar-refractivity contribution < 1.29 is 41.9 Å². The minimum absolute atomic E-state index is 0.0540. The fourth-order valence-corrected chi connectivity index (χ4v) is 7.39. The normalized spacial score (nSPS) is 17.9. The molecule has 0 aliphatic carbocycles. The van der Waals surface area contributed by atoms with Crippen LogP contribution in [0.1, 0.15) is 6.92 Å². The van der Waals surface area contributed by atoms with Crippen molar-refractivity contribution in [3.63, 3.8) is 0 Å². The number of fused-ring (bicyclic) bond motifs is 1. The van der Waals surface area contributed by atoms with Crippen LogP contribution in [0.4, 0.5) is 5.95 Å². The molecule has 28 heavy (non-hydrogen) atoms. The average Bonchev–Trinajstić information content (AvgIpc) is 2.84. The fraction of sp³-hybridized carbons (Fsp3) is 0.444. The van der Waals surface area contributed by atoms with Gasteiger partial charge in [0.25, 0.3) is 5.56 Å². The van der Waals surface area contributed by atoms with Crippen LogP contribution in [-0.4, -0.2) is 49.8 Å². The Morgan fingerprint density at radius 3 is 2.54 bits per heavy atom. The Kier molecular flexibility index (Phi) is 6.94. The molecular formula is C9H16N5O10P3S. The van der Waals surface area contributed by atoms with Crippen molar-refractivity contribution in [2.45, 2.75) is 18.7 Å². The summed E-state index contributed by atoms with van der Waals surface area (Å²) in [4.78, 5) is 57.6. The van der Waals surface area contributed by atoms with Crippen molar-refractivity contribution in [2.75, 3.05) is 11.2 Å². The van der Waals surface area contributed by atoms with E-state index < -0.39 is 39.5 Å². The Labute approximate surface area is 160 Å². The Hall–Kier alpha value is -1.05. The van der Waals surface area contributed by atoms with Crippen molar-refractivity contribution in [1.29, 1.82) is 0 Å². The van der Waals surface area contributed by atoms with Gasteiger partial charge in [-0.15, -0.1) is 11.8 Å². The van der Waals surface area contributed by atoms with Gasteiger partial charge in [0.15, 0.2) is 11.2 Å². The second kappa shape index (κ2) is 8.36. The quantitative estimate of drug-likeness (QED) is 0.263. The van der Waals surface area contributed by atoms with Crippen LogP contribution in [0.3, 0.4) is 0 Å². The van der Waals surface area contributed by atoms with Crippen molar-refractivity contribution in [1.82, 2.24) is 19.5 Å². The number of nitrogens with zero attached hydrogens (tertiary/aromatic N) is 3. The summed E-state index contributed by atoms with van der Waals surface area (Å²) >= 11 is 0.844. The molecule has 0 aromatic carbocycles. The molecule has 0 bridgehead atoms. The van der Waals surface area contributed by atoms with Gasteiger partial charge >= 0.3 is 23.2 Å². The van der Waals surface area contributed by atoms with Crippen LogP contribution in [0, 0.1) is 0 Å². The number of thioether (sulfide) groups is 1. The number of anilines is 1. The number of nitrogens with two attached hydrogens (primary N) is 1. The Morgan fingerprint density at radius 2 is 1.93 bits per heavy atom. The third-order valence-corrected chi connectivity index (χ3v) is 9.05. The minimum atomic E-state index is -5.46. The predicted molar refractivity (Wildman–Crippen MR) is 98.3 cm³/mol. The minimum Gasteiger partial charge on any atom is -0.369 e. The molecule has 0 aliphatic heterocycles. The SMILES string of the molecule is CC(Cn1cnc2c(=O)[nH]c(N)nc21)SCP(=O)(O)OP(=O)(O)OP(=O)(O)O. The summed E-state index contributed by atoms with van der Waals surface area (Å²) in [6, 6.07) is 0. The van der Waals surface area contributed by atoms with Crippen LogP contribution in [0.2, 0.25) is 0 Å². The van der Waals surface area contributed by atoms with Crippen LogP contribution in [0.5, 0.6) is 0 Å². The van der Waals surface area contributed by atoms with Crippen LogP contribution in [-0.2, 0) is 28.9 Å². The first kappa shape index (κ1) is 23.2. The summed E-state index contributed by atoms with van der Waals surface area (Å²) in [5.74, 6) is -0.114. The fourth-order valence-electron chi connectivity index (χ4n) is 1.99. The van der Waals surface area contributed by atoms with Crippen molar-refractivity contribution in [2.24, 2.45) is 0 Å². The number of hydrogen-bond acceptors (Lipinski definition) is 10. The molecule has 3 unspecified atom stereocenters. The summed E-state index contributed by atoms with van der Waals surface area (Å²) in [5, 5.41) is -0.399. The molecule has 0 spiro atoms. The highest BCUT2D eigenvalue weighted by Crippen LogP contribution is 2.66. The van der Waals surface area contributed by atoms with E-state index >= 15 is 0 Å². The molecule has 2 heterocycles. The topological polar surface area (TPSA) is 240 Å². The maximum absolute atomic E-state index is 11.9. The molecule has 0 amide bonds. The van der Waals surface area contributed by atoms with E-state index in [1.807, 2.05) is 0 Å².